The predicted molar refractivity (Wildman–Crippen MR) is 64.5 cm³/mol. The van der Waals surface area contributed by atoms with Crippen molar-refractivity contribution in [3.8, 4) is 5.75 Å². The van der Waals surface area contributed by atoms with Gasteiger partial charge >= 0.3 is 6.18 Å². The van der Waals surface area contributed by atoms with Gasteiger partial charge in [0.1, 0.15) is 12.4 Å². The zero-order chi connectivity index (χ0) is 14.3. The SMILES string of the molecule is CCOc1ccccc1C(COCC(F)(F)F)NN. The van der Waals surface area contributed by atoms with Crippen LogP contribution in [0.4, 0.5) is 13.2 Å². The number of hydrogen-bond acceptors (Lipinski definition) is 4. The first-order chi connectivity index (χ1) is 8.98. The Morgan fingerprint density at radius 1 is 1.32 bits per heavy atom. The highest BCUT2D eigenvalue weighted by Crippen LogP contribution is 2.25. The molecule has 0 spiro atoms. The first-order valence-corrected chi connectivity index (χ1v) is 5.80. The molecule has 0 aliphatic heterocycles. The van der Waals surface area contributed by atoms with Gasteiger partial charge in [-0.2, -0.15) is 13.2 Å². The molecule has 0 aliphatic carbocycles. The van der Waals surface area contributed by atoms with Gasteiger partial charge in [0.15, 0.2) is 0 Å². The molecular formula is C12H17F3N2O2. The molecule has 4 nitrogen and oxygen atoms in total. The number of alkyl halides is 3. The number of hydrogen-bond donors (Lipinski definition) is 2. The van der Waals surface area contributed by atoms with Gasteiger partial charge in [0, 0.05) is 5.56 Å². The van der Waals surface area contributed by atoms with E-state index in [1.54, 1.807) is 24.3 Å². The third kappa shape index (κ3) is 5.46. The summed E-state index contributed by atoms with van der Waals surface area (Å²) in [6.07, 6.45) is -4.35. The standard InChI is InChI=1S/C12H17F3N2O2/c1-2-19-11-6-4-3-5-9(11)10(17-16)7-18-8-12(13,14)15/h3-6,10,17H,2,7-8,16H2,1H3. The molecule has 7 heteroatoms. The molecule has 0 radical (unpaired) electrons. The fourth-order valence-corrected chi connectivity index (χ4v) is 1.58. The monoisotopic (exact) mass is 278 g/mol. The van der Waals surface area contributed by atoms with Crippen LogP contribution in [0.3, 0.4) is 0 Å². The van der Waals surface area contributed by atoms with Crippen molar-refractivity contribution < 1.29 is 22.6 Å². The Balaban J connectivity index is 2.68. The number of halogens is 3. The molecule has 1 atom stereocenters. The molecule has 0 bridgehead atoms. The minimum atomic E-state index is -4.35. The van der Waals surface area contributed by atoms with Gasteiger partial charge in [-0.25, -0.2) is 0 Å². The summed E-state index contributed by atoms with van der Waals surface area (Å²) in [5.74, 6) is 5.93. The number of para-hydroxylation sites is 1. The number of hydrazine groups is 1. The third-order valence-corrected chi connectivity index (χ3v) is 2.35. The van der Waals surface area contributed by atoms with E-state index in [2.05, 4.69) is 10.2 Å². The summed E-state index contributed by atoms with van der Waals surface area (Å²) in [4.78, 5) is 0. The van der Waals surface area contributed by atoms with Crippen molar-refractivity contribution in [2.24, 2.45) is 5.84 Å². The van der Waals surface area contributed by atoms with E-state index in [1.165, 1.54) is 0 Å². The highest BCUT2D eigenvalue weighted by atomic mass is 19.4. The van der Waals surface area contributed by atoms with Crippen molar-refractivity contribution in [1.29, 1.82) is 0 Å². The van der Waals surface area contributed by atoms with Crippen LogP contribution in [0.25, 0.3) is 0 Å². The molecule has 1 aromatic carbocycles. The first-order valence-electron chi connectivity index (χ1n) is 5.80. The average Bonchev–Trinajstić information content (AvgIpc) is 2.35. The van der Waals surface area contributed by atoms with Crippen LogP contribution < -0.4 is 16.0 Å². The Hall–Kier alpha value is -1.31. The second kappa shape index (κ2) is 7.32. The van der Waals surface area contributed by atoms with Crippen LogP contribution in [-0.4, -0.2) is 26.0 Å². The number of benzene rings is 1. The normalized spacial score (nSPS) is 13.3. The van der Waals surface area contributed by atoms with E-state index < -0.39 is 18.8 Å². The average molecular weight is 278 g/mol. The molecule has 0 saturated carbocycles. The number of nitrogens with one attached hydrogen (secondary N) is 1. The zero-order valence-electron chi connectivity index (χ0n) is 10.5. The smallest absolute Gasteiger partial charge is 0.411 e. The van der Waals surface area contributed by atoms with Crippen molar-refractivity contribution in [2.75, 3.05) is 19.8 Å². The van der Waals surface area contributed by atoms with Crippen molar-refractivity contribution in [1.82, 2.24) is 5.43 Å². The Morgan fingerprint density at radius 3 is 2.58 bits per heavy atom. The van der Waals surface area contributed by atoms with Crippen molar-refractivity contribution in [2.45, 2.75) is 19.1 Å². The summed E-state index contributed by atoms with van der Waals surface area (Å²) < 4.78 is 46.0. The van der Waals surface area contributed by atoms with E-state index >= 15 is 0 Å². The molecule has 19 heavy (non-hydrogen) atoms. The van der Waals surface area contributed by atoms with Crippen molar-refractivity contribution in [3.05, 3.63) is 29.8 Å². The molecule has 1 aromatic rings. The molecule has 0 heterocycles. The van der Waals surface area contributed by atoms with Crippen molar-refractivity contribution >= 4 is 0 Å². The third-order valence-electron chi connectivity index (χ3n) is 2.35. The quantitative estimate of drug-likeness (QED) is 0.593. The maximum absolute atomic E-state index is 12.0. The van der Waals surface area contributed by atoms with Crippen LogP contribution in [0.5, 0.6) is 5.75 Å². The molecule has 108 valence electrons. The second-order valence-electron chi connectivity index (χ2n) is 3.82. The summed E-state index contributed by atoms with van der Waals surface area (Å²) in [7, 11) is 0. The molecule has 0 fully saturated rings. The summed E-state index contributed by atoms with van der Waals surface area (Å²) in [6, 6.07) is 6.43. The Morgan fingerprint density at radius 2 is 2.00 bits per heavy atom. The van der Waals surface area contributed by atoms with Crippen molar-refractivity contribution in [3.63, 3.8) is 0 Å². The Kier molecular flexibility index (Phi) is 6.07. The molecule has 3 N–H and O–H groups in total. The lowest BCUT2D eigenvalue weighted by atomic mass is 10.1. The summed E-state index contributed by atoms with van der Waals surface area (Å²) in [5, 5.41) is 0. The van der Waals surface area contributed by atoms with Gasteiger partial charge in [0.25, 0.3) is 0 Å². The van der Waals surface area contributed by atoms with Crippen LogP contribution in [-0.2, 0) is 4.74 Å². The molecule has 1 rings (SSSR count). The van der Waals surface area contributed by atoms with E-state index in [-0.39, 0.29) is 6.61 Å². The number of ether oxygens (including phenoxy) is 2. The minimum absolute atomic E-state index is 0.194. The first kappa shape index (κ1) is 15.7. The van der Waals surface area contributed by atoms with Crippen LogP contribution in [0.15, 0.2) is 24.3 Å². The van der Waals surface area contributed by atoms with Crippen LogP contribution in [0.2, 0.25) is 0 Å². The summed E-state index contributed by atoms with van der Waals surface area (Å²) in [6.45, 7) is 0.779. The zero-order valence-corrected chi connectivity index (χ0v) is 10.5. The highest BCUT2D eigenvalue weighted by molar-refractivity contribution is 5.35. The van der Waals surface area contributed by atoms with E-state index in [9.17, 15) is 13.2 Å². The fraction of sp³-hybridized carbons (Fsp3) is 0.500. The molecule has 0 aromatic heterocycles. The van der Waals surface area contributed by atoms with Crippen LogP contribution in [0.1, 0.15) is 18.5 Å². The number of rotatable bonds is 7. The van der Waals surface area contributed by atoms with E-state index in [0.717, 1.165) is 0 Å². The van der Waals surface area contributed by atoms with Gasteiger partial charge in [-0.3, -0.25) is 11.3 Å². The molecular weight excluding hydrogens is 261 g/mol. The highest BCUT2D eigenvalue weighted by Gasteiger charge is 2.28. The van der Waals surface area contributed by atoms with Gasteiger partial charge in [0.2, 0.25) is 0 Å². The second-order valence-corrected chi connectivity index (χ2v) is 3.82. The Bertz CT molecular complexity index is 385. The summed E-state index contributed by atoms with van der Waals surface area (Å²) in [5.41, 5.74) is 3.09. The molecule has 1 unspecified atom stereocenters. The van der Waals surface area contributed by atoms with Gasteiger partial charge in [0.05, 0.1) is 19.3 Å². The maximum Gasteiger partial charge on any atom is 0.411 e. The lowest BCUT2D eigenvalue weighted by molar-refractivity contribution is -0.175. The summed E-state index contributed by atoms with van der Waals surface area (Å²) >= 11 is 0. The molecule has 0 amide bonds. The van der Waals surface area contributed by atoms with E-state index in [0.29, 0.717) is 17.9 Å². The largest absolute Gasteiger partial charge is 0.494 e. The van der Waals surface area contributed by atoms with Gasteiger partial charge in [-0.15, -0.1) is 0 Å². The van der Waals surface area contributed by atoms with Gasteiger partial charge in [-0.05, 0) is 13.0 Å². The molecule has 0 saturated heterocycles. The predicted octanol–water partition coefficient (Wildman–Crippen LogP) is 2.17. The fourth-order valence-electron chi connectivity index (χ4n) is 1.58. The Labute approximate surface area is 109 Å². The topological polar surface area (TPSA) is 56.5 Å². The van der Waals surface area contributed by atoms with Crippen LogP contribution >= 0.6 is 0 Å². The lowest BCUT2D eigenvalue weighted by Crippen LogP contribution is -2.33. The van der Waals surface area contributed by atoms with Crippen LogP contribution in [0, 0.1) is 0 Å². The number of nitrogens with two attached hydrogens (primary N) is 1. The van der Waals surface area contributed by atoms with E-state index in [1.807, 2.05) is 6.92 Å². The van der Waals surface area contributed by atoms with Gasteiger partial charge < -0.3 is 9.47 Å². The minimum Gasteiger partial charge on any atom is -0.494 e. The maximum atomic E-state index is 12.0. The lowest BCUT2D eigenvalue weighted by Gasteiger charge is -2.20. The van der Waals surface area contributed by atoms with Gasteiger partial charge in [-0.1, -0.05) is 18.2 Å². The molecule has 0 aliphatic rings. The van der Waals surface area contributed by atoms with E-state index in [4.69, 9.17) is 10.6 Å².